The first-order valence-electron chi connectivity index (χ1n) is 7.63. The van der Waals surface area contributed by atoms with E-state index in [9.17, 15) is 9.59 Å². The first kappa shape index (κ1) is 15.3. The highest BCUT2D eigenvalue weighted by Crippen LogP contribution is 2.29. The van der Waals surface area contributed by atoms with E-state index in [0.717, 1.165) is 41.8 Å². The largest absolute Gasteiger partial charge is 0.480 e. The van der Waals surface area contributed by atoms with Crippen LogP contribution in [0.15, 0.2) is 24.3 Å². The Morgan fingerprint density at radius 2 is 2.04 bits per heavy atom. The van der Waals surface area contributed by atoms with Gasteiger partial charge in [-0.15, -0.1) is 0 Å². The number of nitrogens with zero attached hydrogens (tertiary/aromatic N) is 3. The van der Waals surface area contributed by atoms with Gasteiger partial charge in [0.25, 0.3) is 5.91 Å². The second-order valence-electron chi connectivity index (χ2n) is 5.88. The molecule has 1 aromatic heterocycles. The average molecular weight is 313 g/mol. The Morgan fingerprint density at radius 1 is 1.30 bits per heavy atom. The molecule has 3 rings (SSSR count). The predicted molar refractivity (Wildman–Crippen MR) is 84.9 cm³/mol. The number of likely N-dealkylation sites (N-methyl/N-ethyl adjacent to an activating group) is 1. The molecule has 0 bridgehead atoms. The molecule has 1 amide bonds. The van der Waals surface area contributed by atoms with Crippen molar-refractivity contribution >= 4 is 11.9 Å². The summed E-state index contributed by atoms with van der Waals surface area (Å²) >= 11 is 0. The molecule has 2 aromatic rings. The summed E-state index contributed by atoms with van der Waals surface area (Å²) in [4.78, 5) is 24.6. The van der Waals surface area contributed by atoms with Crippen LogP contribution in [-0.4, -0.2) is 45.3 Å². The normalized spacial score (nSPS) is 13.0. The number of carbonyl (C=O) groups excluding carboxylic acids is 1. The molecule has 1 heterocycles. The maximum atomic E-state index is 12.6. The summed E-state index contributed by atoms with van der Waals surface area (Å²) in [6.07, 6.45) is 2.68. The number of carboxylic acids is 1. The summed E-state index contributed by atoms with van der Waals surface area (Å²) in [6, 6.07) is 7.91. The molecule has 0 unspecified atom stereocenters. The fraction of sp³-hybridized carbons (Fsp3) is 0.353. The second-order valence-corrected chi connectivity index (χ2v) is 5.88. The number of aryl methyl sites for hydroxylation is 1. The summed E-state index contributed by atoms with van der Waals surface area (Å²) in [5.41, 5.74) is 4.44. The van der Waals surface area contributed by atoms with E-state index in [1.54, 1.807) is 0 Å². The Morgan fingerprint density at radius 3 is 2.74 bits per heavy atom. The molecule has 0 saturated carbocycles. The summed E-state index contributed by atoms with van der Waals surface area (Å²) < 4.78 is 1.85. The summed E-state index contributed by atoms with van der Waals surface area (Å²) in [5, 5.41) is 13.4. The van der Waals surface area contributed by atoms with E-state index in [-0.39, 0.29) is 12.5 Å². The molecule has 0 fully saturated rings. The lowest BCUT2D eigenvalue weighted by Crippen LogP contribution is -2.32. The number of amides is 1. The highest BCUT2D eigenvalue weighted by molar-refractivity contribution is 5.95. The predicted octanol–water partition coefficient (Wildman–Crippen LogP) is 1.83. The van der Waals surface area contributed by atoms with E-state index in [2.05, 4.69) is 5.10 Å². The Balaban J connectivity index is 2.04. The van der Waals surface area contributed by atoms with Crippen molar-refractivity contribution in [1.29, 1.82) is 0 Å². The molecule has 1 aliphatic rings. The van der Waals surface area contributed by atoms with Crippen LogP contribution in [0.5, 0.6) is 0 Å². The van der Waals surface area contributed by atoms with Crippen LogP contribution < -0.4 is 0 Å². The average Bonchev–Trinajstić information content (AvgIpc) is 3.08. The van der Waals surface area contributed by atoms with Crippen molar-refractivity contribution in [3.05, 3.63) is 46.8 Å². The number of para-hydroxylation sites is 1. The van der Waals surface area contributed by atoms with E-state index in [1.165, 1.54) is 11.9 Å². The third kappa shape index (κ3) is 2.72. The summed E-state index contributed by atoms with van der Waals surface area (Å²) in [5.74, 6) is -1.37. The van der Waals surface area contributed by atoms with E-state index in [0.29, 0.717) is 5.69 Å². The summed E-state index contributed by atoms with van der Waals surface area (Å²) in [6.45, 7) is 1.68. The van der Waals surface area contributed by atoms with Crippen molar-refractivity contribution in [1.82, 2.24) is 14.7 Å². The van der Waals surface area contributed by atoms with Gasteiger partial charge in [0, 0.05) is 18.3 Å². The number of aromatic nitrogens is 2. The smallest absolute Gasteiger partial charge is 0.323 e. The van der Waals surface area contributed by atoms with Gasteiger partial charge in [0.15, 0.2) is 5.69 Å². The first-order valence-corrected chi connectivity index (χ1v) is 7.63. The highest BCUT2D eigenvalue weighted by Gasteiger charge is 2.29. The van der Waals surface area contributed by atoms with Crippen molar-refractivity contribution < 1.29 is 14.7 Å². The van der Waals surface area contributed by atoms with Crippen molar-refractivity contribution in [3.63, 3.8) is 0 Å². The van der Waals surface area contributed by atoms with Gasteiger partial charge in [-0.05, 0) is 37.8 Å². The monoisotopic (exact) mass is 313 g/mol. The Labute approximate surface area is 134 Å². The van der Waals surface area contributed by atoms with Crippen molar-refractivity contribution in [2.45, 2.75) is 26.2 Å². The minimum Gasteiger partial charge on any atom is -0.480 e. The molecule has 120 valence electrons. The fourth-order valence-corrected chi connectivity index (χ4v) is 3.06. The van der Waals surface area contributed by atoms with Gasteiger partial charge in [-0.3, -0.25) is 9.59 Å². The number of rotatable bonds is 4. The molecule has 0 radical (unpaired) electrons. The first-order chi connectivity index (χ1) is 11.0. The minimum absolute atomic E-state index is 0.329. The third-order valence-electron chi connectivity index (χ3n) is 4.20. The minimum atomic E-state index is -1.03. The zero-order valence-electron chi connectivity index (χ0n) is 13.2. The van der Waals surface area contributed by atoms with Crippen LogP contribution in [0.1, 0.15) is 33.7 Å². The Hall–Kier alpha value is -2.63. The topological polar surface area (TPSA) is 75.4 Å². The molecule has 1 aliphatic carbocycles. The molecule has 6 heteroatoms. The van der Waals surface area contributed by atoms with Crippen LogP contribution >= 0.6 is 0 Å². The lowest BCUT2D eigenvalue weighted by Gasteiger charge is -2.13. The maximum absolute atomic E-state index is 12.6. The number of hydrogen-bond acceptors (Lipinski definition) is 3. The van der Waals surface area contributed by atoms with E-state index >= 15 is 0 Å². The number of aliphatic carboxylic acids is 1. The molecule has 6 nitrogen and oxygen atoms in total. The van der Waals surface area contributed by atoms with Gasteiger partial charge in [0.1, 0.15) is 6.54 Å². The quantitative estimate of drug-likeness (QED) is 0.934. The summed E-state index contributed by atoms with van der Waals surface area (Å²) in [7, 11) is 1.49. The standard InChI is InChI=1S/C17H19N3O3/c1-11-6-3-4-8-13(11)20-14-9-5-7-12(14)16(18-20)17(23)19(2)10-15(21)22/h3-4,6,8H,5,7,9-10H2,1-2H3,(H,21,22). The number of fused-ring (bicyclic) bond motifs is 1. The Bertz CT molecular complexity index is 779. The number of hydrogen-bond donors (Lipinski definition) is 1. The third-order valence-corrected chi connectivity index (χ3v) is 4.20. The molecule has 1 N–H and O–H groups in total. The molecule has 1 aromatic carbocycles. The van der Waals surface area contributed by atoms with Crippen molar-refractivity contribution in [3.8, 4) is 5.69 Å². The lowest BCUT2D eigenvalue weighted by atomic mass is 10.1. The maximum Gasteiger partial charge on any atom is 0.323 e. The zero-order valence-corrected chi connectivity index (χ0v) is 13.2. The molecule has 0 aliphatic heterocycles. The van der Waals surface area contributed by atoms with Crippen LogP contribution in [-0.2, 0) is 17.6 Å². The van der Waals surface area contributed by atoms with Gasteiger partial charge >= 0.3 is 5.97 Å². The molecule has 0 spiro atoms. The van der Waals surface area contributed by atoms with Crippen molar-refractivity contribution in [2.75, 3.05) is 13.6 Å². The van der Waals surface area contributed by atoms with E-state index in [4.69, 9.17) is 5.11 Å². The van der Waals surface area contributed by atoms with Crippen LogP contribution in [0, 0.1) is 6.92 Å². The Kier molecular flexibility index (Phi) is 3.90. The van der Waals surface area contributed by atoms with E-state index < -0.39 is 5.97 Å². The van der Waals surface area contributed by atoms with Gasteiger partial charge in [0.05, 0.1) is 5.69 Å². The van der Waals surface area contributed by atoms with Crippen LogP contribution in [0.3, 0.4) is 0 Å². The molecular weight excluding hydrogens is 294 g/mol. The van der Waals surface area contributed by atoms with Crippen LogP contribution in [0.2, 0.25) is 0 Å². The van der Waals surface area contributed by atoms with Gasteiger partial charge in [0.2, 0.25) is 0 Å². The van der Waals surface area contributed by atoms with Crippen LogP contribution in [0.4, 0.5) is 0 Å². The second kappa shape index (κ2) is 5.87. The van der Waals surface area contributed by atoms with Gasteiger partial charge < -0.3 is 10.0 Å². The SMILES string of the molecule is Cc1ccccc1-n1nc(C(=O)N(C)CC(=O)O)c2c1CCC2. The molecule has 0 atom stereocenters. The molecule has 23 heavy (non-hydrogen) atoms. The van der Waals surface area contributed by atoms with Crippen LogP contribution in [0.25, 0.3) is 5.69 Å². The number of carbonyl (C=O) groups is 2. The van der Waals surface area contributed by atoms with Gasteiger partial charge in [-0.1, -0.05) is 18.2 Å². The number of carboxylic acid groups (broad SMARTS) is 1. The van der Waals surface area contributed by atoms with Crippen molar-refractivity contribution in [2.24, 2.45) is 0 Å². The van der Waals surface area contributed by atoms with E-state index in [1.807, 2.05) is 35.9 Å². The van der Waals surface area contributed by atoms with Gasteiger partial charge in [-0.2, -0.15) is 5.10 Å². The highest BCUT2D eigenvalue weighted by atomic mass is 16.4. The van der Waals surface area contributed by atoms with Gasteiger partial charge in [-0.25, -0.2) is 4.68 Å². The fourth-order valence-electron chi connectivity index (χ4n) is 3.06. The molecular formula is C17H19N3O3. The molecule has 0 saturated heterocycles. The lowest BCUT2D eigenvalue weighted by molar-refractivity contribution is -0.137. The zero-order chi connectivity index (χ0) is 16.6. The number of benzene rings is 1.